The second kappa shape index (κ2) is 3.55. The van der Waals surface area contributed by atoms with Gasteiger partial charge in [0, 0.05) is 5.69 Å². The number of anilines is 1. The zero-order chi connectivity index (χ0) is 8.10. The monoisotopic (exact) mass is 153 g/mol. The Bertz CT molecular complexity index is 237. The number of para-hydroxylation sites is 1. The fourth-order valence-corrected chi connectivity index (χ4v) is 0.666. The first-order chi connectivity index (χ1) is 5.33. The third kappa shape index (κ3) is 2.25. The van der Waals surface area contributed by atoms with Crippen molar-refractivity contribution < 1.29 is 9.28 Å². The van der Waals surface area contributed by atoms with Crippen LogP contribution in [0.15, 0.2) is 30.3 Å². The van der Waals surface area contributed by atoms with Gasteiger partial charge in [-0.1, -0.05) is 22.7 Å². The molecule has 0 aromatic heterocycles. The molecule has 57 valence electrons. The summed E-state index contributed by atoms with van der Waals surface area (Å²) in [7, 11) is 0. The van der Waals surface area contributed by atoms with Crippen molar-refractivity contribution in [3.05, 3.63) is 30.3 Å². The number of hydrogen-bond acceptors (Lipinski definition) is 1. The molecular formula is C7H6FN2O. The number of urea groups is 1. The van der Waals surface area contributed by atoms with Crippen LogP contribution in [-0.4, -0.2) is 6.03 Å². The van der Waals surface area contributed by atoms with Gasteiger partial charge in [0.1, 0.15) is 0 Å². The van der Waals surface area contributed by atoms with Crippen molar-refractivity contribution >= 4 is 11.7 Å². The number of hydrogen-bond donors (Lipinski definition) is 1. The predicted octanol–water partition coefficient (Wildman–Crippen LogP) is 1.71. The molecule has 0 saturated carbocycles. The topological polar surface area (TPSA) is 43.2 Å². The standard InChI is InChI=1S/C7H6FN2O/c8-10-7(11)9-6-4-2-1-3-5-6/h1-5H,(H,9,11). The smallest absolute Gasteiger partial charge is 0.304 e. The molecule has 0 fully saturated rings. The molecule has 1 radical (unpaired) electrons. The van der Waals surface area contributed by atoms with Crippen molar-refractivity contribution in [2.24, 2.45) is 0 Å². The highest BCUT2D eigenvalue weighted by molar-refractivity contribution is 5.88. The minimum Gasteiger partial charge on any atom is -0.304 e. The SMILES string of the molecule is O=C([N]F)Nc1ccccc1. The van der Waals surface area contributed by atoms with Crippen LogP contribution in [0.4, 0.5) is 15.0 Å². The number of carbonyl (C=O) groups is 1. The number of carbonyl (C=O) groups excluding carboxylic acids is 1. The van der Waals surface area contributed by atoms with E-state index in [2.05, 4.69) is 5.32 Å². The highest BCUT2D eigenvalue weighted by Crippen LogP contribution is 2.03. The Morgan fingerprint density at radius 3 is 2.55 bits per heavy atom. The van der Waals surface area contributed by atoms with E-state index in [9.17, 15) is 9.28 Å². The average molecular weight is 153 g/mol. The lowest BCUT2D eigenvalue weighted by molar-refractivity contribution is 0.227. The maximum absolute atomic E-state index is 11.3. The molecule has 1 N–H and O–H groups in total. The van der Waals surface area contributed by atoms with E-state index in [-0.39, 0.29) is 0 Å². The van der Waals surface area contributed by atoms with E-state index >= 15 is 0 Å². The van der Waals surface area contributed by atoms with E-state index < -0.39 is 6.03 Å². The fourth-order valence-electron chi connectivity index (χ4n) is 0.666. The van der Waals surface area contributed by atoms with E-state index in [0.717, 1.165) is 0 Å². The third-order valence-corrected chi connectivity index (χ3v) is 1.10. The van der Waals surface area contributed by atoms with E-state index in [4.69, 9.17) is 0 Å². The Labute approximate surface area is 63.2 Å². The molecule has 0 aliphatic rings. The molecule has 0 spiro atoms. The van der Waals surface area contributed by atoms with Crippen LogP contribution in [-0.2, 0) is 0 Å². The van der Waals surface area contributed by atoms with Crippen molar-refractivity contribution in [2.75, 3.05) is 5.32 Å². The molecule has 0 unspecified atom stereocenters. The lowest BCUT2D eigenvalue weighted by Gasteiger charge is -1.98. The molecule has 0 heterocycles. The normalized spacial score (nSPS) is 8.82. The van der Waals surface area contributed by atoms with Crippen LogP contribution in [0.2, 0.25) is 0 Å². The third-order valence-electron chi connectivity index (χ3n) is 1.10. The van der Waals surface area contributed by atoms with Gasteiger partial charge in [-0.05, 0) is 17.7 Å². The Kier molecular flexibility index (Phi) is 2.43. The largest absolute Gasteiger partial charge is 0.372 e. The summed E-state index contributed by atoms with van der Waals surface area (Å²) in [5.41, 5.74) is 2.46. The number of nitrogens with zero attached hydrogens (tertiary/aromatic N) is 1. The summed E-state index contributed by atoms with van der Waals surface area (Å²) in [6, 6.07) is 7.55. The molecule has 4 heteroatoms. The molecule has 1 aromatic carbocycles. The Hall–Kier alpha value is -1.58. The van der Waals surface area contributed by atoms with Gasteiger partial charge in [0.15, 0.2) is 0 Å². The minimum atomic E-state index is -0.990. The summed E-state index contributed by atoms with van der Waals surface area (Å²) in [6.45, 7) is 0. The maximum atomic E-state index is 11.3. The first kappa shape index (κ1) is 7.53. The predicted molar refractivity (Wildman–Crippen MR) is 38.7 cm³/mol. The summed E-state index contributed by atoms with van der Waals surface area (Å²) in [4.78, 5) is 10.3. The summed E-state index contributed by atoms with van der Waals surface area (Å²) >= 11 is 0. The molecule has 0 aliphatic heterocycles. The zero-order valence-electron chi connectivity index (χ0n) is 5.62. The zero-order valence-corrected chi connectivity index (χ0v) is 5.62. The summed E-state index contributed by atoms with van der Waals surface area (Å²) in [5.74, 6) is 0. The van der Waals surface area contributed by atoms with Gasteiger partial charge in [0.05, 0.1) is 0 Å². The van der Waals surface area contributed by atoms with Gasteiger partial charge >= 0.3 is 6.03 Å². The van der Waals surface area contributed by atoms with Gasteiger partial charge < -0.3 is 5.32 Å². The van der Waals surface area contributed by atoms with Crippen molar-refractivity contribution in [1.29, 1.82) is 0 Å². The van der Waals surface area contributed by atoms with Gasteiger partial charge in [0.25, 0.3) is 0 Å². The van der Waals surface area contributed by atoms with Crippen molar-refractivity contribution in [2.45, 2.75) is 0 Å². The first-order valence-corrected chi connectivity index (χ1v) is 3.01. The fraction of sp³-hybridized carbons (Fsp3) is 0. The van der Waals surface area contributed by atoms with E-state index in [1.807, 2.05) is 5.54 Å². The Balaban J connectivity index is 2.58. The molecule has 1 aromatic rings. The highest BCUT2D eigenvalue weighted by Gasteiger charge is 1.99. The van der Waals surface area contributed by atoms with Crippen LogP contribution in [0, 0.1) is 0 Å². The molecule has 0 saturated heterocycles. The molecule has 11 heavy (non-hydrogen) atoms. The molecule has 0 aliphatic carbocycles. The van der Waals surface area contributed by atoms with Crippen LogP contribution in [0.1, 0.15) is 0 Å². The number of benzene rings is 1. The molecule has 1 rings (SSSR count). The molecule has 0 atom stereocenters. The second-order valence-electron chi connectivity index (χ2n) is 1.88. The number of halogens is 1. The van der Waals surface area contributed by atoms with Gasteiger partial charge in [-0.2, -0.15) is 0 Å². The summed E-state index contributed by atoms with van der Waals surface area (Å²) < 4.78 is 11.3. The van der Waals surface area contributed by atoms with Crippen LogP contribution < -0.4 is 10.9 Å². The summed E-state index contributed by atoms with van der Waals surface area (Å²) in [6.07, 6.45) is 0. The molecule has 3 nitrogen and oxygen atoms in total. The van der Waals surface area contributed by atoms with E-state index in [1.165, 1.54) is 0 Å². The van der Waals surface area contributed by atoms with Crippen molar-refractivity contribution in [1.82, 2.24) is 5.54 Å². The van der Waals surface area contributed by atoms with E-state index in [0.29, 0.717) is 5.69 Å². The number of amides is 2. The first-order valence-electron chi connectivity index (χ1n) is 3.01. The van der Waals surface area contributed by atoms with Crippen LogP contribution in [0.3, 0.4) is 0 Å². The average Bonchev–Trinajstić information content (AvgIpc) is 2.06. The van der Waals surface area contributed by atoms with Gasteiger partial charge in [-0.15, -0.1) is 0 Å². The second-order valence-corrected chi connectivity index (χ2v) is 1.88. The molecular weight excluding hydrogens is 147 g/mol. The number of nitrogens with one attached hydrogen (secondary N) is 1. The Morgan fingerprint density at radius 1 is 1.36 bits per heavy atom. The summed E-state index contributed by atoms with van der Waals surface area (Å²) in [5, 5.41) is 2.21. The van der Waals surface area contributed by atoms with Crippen LogP contribution >= 0.6 is 0 Å². The lowest BCUT2D eigenvalue weighted by atomic mass is 10.3. The van der Waals surface area contributed by atoms with Gasteiger partial charge in [-0.3, -0.25) is 0 Å². The number of rotatable bonds is 1. The highest BCUT2D eigenvalue weighted by atomic mass is 19.2. The van der Waals surface area contributed by atoms with Crippen molar-refractivity contribution in [3.8, 4) is 0 Å². The quantitative estimate of drug-likeness (QED) is 0.655. The lowest BCUT2D eigenvalue weighted by Crippen LogP contribution is -2.15. The molecule has 2 amide bonds. The van der Waals surface area contributed by atoms with Gasteiger partial charge in [0.2, 0.25) is 0 Å². The molecule has 0 bridgehead atoms. The van der Waals surface area contributed by atoms with Gasteiger partial charge in [-0.25, -0.2) is 4.79 Å². The van der Waals surface area contributed by atoms with Crippen LogP contribution in [0.5, 0.6) is 0 Å². The minimum absolute atomic E-state index is 0.527. The van der Waals surface area contributed by atoms with Crippen molar-refractivity contribution in [3.63, 3.8) is 0 Å². The Morgan fingerprint density at radius 2 is 2.00 bits per heavy atom. The van der Waals surface area contributed by atoms with E-state index in [1.54, 1.807) is 30.3 Å². The van der Waals surface area contributed by atoms with Crippen LogP contribution in [0.25, 0.3) is 0 Å². The maximum Gasteiger partial charge on any atom is 0.372 e.